The monoisotopic (exact) mass is 207 g/mol. The van der Waals surface area contributed by atoms with Gasteiger partial charge in [0.1, 0.15) is 18.3 Å². The summed E-state index contributed by atoms with van der Waals surface area (Å²) in [6.07, 6.45) is -6.93. The zero-order chi connectivity index (χ0) is 10.9. The highest BCUT2D eigenvalue weighted by Gasteiger charge is 2.46. The molecule has 1 amide bonds. The van der Waals surface area contributed by atoms with E-state index < -0.39 is 36.6 Å². The number of aliphatic hydroxyl groups is 3. The van der Waals surface area contributed by atoms with Crippen molar-refractivity contribution in [1.82, 2.24) is 0 Å². The van der Waals surface area contributed by atoms with E-state index in [2.05, 4.69) is 9.47 Å². The summed E-state index contributed by atoms with van der Waals surface area (Å²) in [4.78, 5) is 10.7. The van der Waals surface area contributed by atoms with Crippen LogP contribution in [0.1, 0.15) is 0 Å². The third kappa shape index (κ3) is 1.86. The topological polar surface area (TPSA) is 122 Å². The molecule has 82 valence electrons. The molecule has 5 N–H and O–H groups in total. The van der Waals surface area contributed by atoms with E-state index in [1.165, 1.54) is 7.11 Å². The van der Waals surface area contributed by atoms with Crippen molar-refractivity contribution in [2.75, 3.05) is 7.11 Å². The fraction of sp³-hybridized carbons (Fsp3) is 0.857. The number of carbonyl (C=O) groups is 1. The summed E-state index contributed by atoms with van der Waals surface area (Å²) in [6.45, 7) is 0. The first-order valence-corrected chi connectivity index (χ1v) is 4.00. The molecule has 0 saturated carbocycles. The van der Waals surface area contributed by atoms with Crippen molar-refractivity contribution >= 4 is 5.91 Å². The van der Waals surface area contributed by atoms with E-state index in [0.717, 1.165) is 0 Å². The molecule has 1 heterocycles. The molecule has 0 aromatic carbocycles. The molecule has 1 aliphatic heterocycles. The quantitative estimate of drug-likeness (QED) is 0.381. The second kappa shape index (κ2) is 4.20. The third-order valence-corrected chi connectivity index (χ3v) is 2.12. The molecule has 0 unspecified atom stereocenters. The van der Waals surface area contributed by atoms with Crippen molar-refractivity contribution in [3.05, 3.63) is 0 Å². The molecule has 1 fully saturated rings. The molecule has 0 spiro atoms. The van der Waals surface area contributed by atoms with E-state index in [1.54, 1.807) is 0 Å². The highest BCUT2D eigenvalue weighted by atomic mass is 16.7. The van der Waals surface area contributed by atoms with Crippen LogP contribution >= 0.6 is 0 Å². The van der Waals surface area contributed by atoms with Crippen LogP contribution in [0, 0.1) is 0 Å². The molecule has 0 radical (unpaired) electrons. The first-order chi connectivity index (χ1) is 6.49. The Kier molecular flexibility index (Phi) is 3.40. The van der Waals surface area contributed by atoms with Crippen LogP contribution in [0.3, 0.4) is 0 Å². The van der Waals surface area contributed by atoms with Crippen LogP contribution in [0.4, 0.5) is 0 Å². The van der Waals surface area contributed by atoms with Crippen molar-refractivity contribution in [1.29, 1.82) is 0 Å². The maximum absolute atomic E-state index is 10.7. The van der Waals surface area contributed by atoms with Gasteiger partial charge in [-0.25, -0.2) is 0 Å². The van der Waals surface area contributed by atoms with Gasteiger partial charge < -0.3 is 30.5 Å². The minimum Gasteiger partial charge on any atom is -0.387 e. The zero-order valence-corrected chi connectivity index (χ0v) is 7.53. The number of carbonyl (C=O) groups excluding carboxylic acids is 1. The van der Waals surface area contributed by atoms with Crippen molar-refractivity contribution in [2.24, 2.45) is 5.73 Å². The summed E-state index contributed by atoms with van der Waals surface area (Å²) in [6, 6.07) is 0. The second-order valence-electron chi connectivity index (χ2n) is 3.03. The Hall–Kier alpha value is -0.730. The van der Waals surface area contributed by atoms with Gasteiger partial charge in [-0.1, -0.05) is 0 Å². The van der Waals surface area contributed by atoms with Crippen molar-refractivity contribution in [3.63, 3.8) is 0 Å². The SMILES string of the molecule is CO[C@@H]1[C@@H](O)[C@@H](O)[C@@H](C(N)=O)O[C@H]1O. The summed E-state index contributed by atoms with van der Waals surface area (Å²) < 4.78 is 9.36. The standard InChI is InChI=1S/C7H13NO6/c1-13-5-3(10)2(9)4(6(8)11)14-7(5)12/h2-5,7,9-10,12H,1H3,(H2,8,11)/t2-,3+,4+,5-,7-/m1/s1. The fourth-order valence-electron chi connectivity index (χ4n) is 1.34. The summed E-state index contributed by atoms with van der Waals surface area (Å²) in [5.74, 6) is -0.954. The predicted molar refractivity (Wildman–Crippen MR) is 42.9 cm³/mol. The van der Waals surface area contributed by atoms with Gasteiger partial charge in [0.25, 0.3) is 0 Å². The Balaban J connectivity index is 2.77. The molecule has 5 atom stereocenters. The molecule has 0 aromatic rings. The van der Waals surface area contributed by atoms with Gasteiger partial charge in [0, 0.05) is 7.11 Å². The number of nitrogens with two attached hydrogens (primary N) is 1. The number of amides is 1. The van der Waals surface area contributed by atoms with Crippen LogP contribution in [-0.4, -0.2) is 59.0 Å². The molecule has 7 nitrogen and oxygen atoms in total. The lowest BCUT2D eigenvalue weighted by Crippen LogP contribution is -2.61. The van der Waals surface area contributed by atoms with Crippen molar-refractivity contribution in [2.45, 2.75) is 30.7 Å². The molecule has 1 rings (SSSR count). The van der Waals surface area contributed by atoms with E-state index in [0.29, 0.717) is 0 Å². The van der Waals surface area contributed by atoms with E-state index in [9.17, 15) is 20.1 Å². The summed E-state index contributed by atoms with van der Waals surface area (Å²) in [7, 11) is 1.23. The van der Waals surface area contributed by atoms with Crippen LogP contribution in [-0.2, 0) is 14.3 Å². The minimum atomic E-state index is -1.50. The van der Waals surface area contributed by atoms with E-state index in [-0.39, 0.29) is 0 Å². The number of methoxy groups -OCH3 is 1. The minimum absolute atomic E-state index is 0.954. The van der Waals surface area contributed by atoms with Crippen molar-refractivity contribution in [3.8, 4) is 0 Å². The van der Waals surface area contributed by atoms with Crippen LogP contribution in [0.5, 0.6) is 0 Å². The number of primary amides is 1. The van der Waals surface area contributed by atoms with E-state index in [4.69, 9.17) is 5.73 Å². The smallest absolute Gasteiger partial charge is 0.249 e. The normalized spacial score (nSPS) is 43.6. The number of ether oxygens (including phenoxy) is 2. The molecule has 14 heavy (non-hydrogen) atoms. The number of hydrogen-bond donors (Lipinski definition) is 4. The Bertz CT molecular complexity index is 222. The van der Waals surface area contributed by atoms with E-state index in [1.807, 2.05) is 0 Å². The lowest BCUT2D eigenvalue weighted by atomic mass is 9.98. The van der Waals surface area contributed by atoms with Gasteiger partial charge >= 0.3 is 0 Å². The molecular weight excluding hydrogens is 194 g/mol. The van der Waals surface area contributed by atoms with E-state index >= 15 is 0 Å². The highest BCUT2D eigenvalue weighted by Crippen LogP contribution is 2.21. The van der Waals surface area contributed by atoms with Crippen LogP contribution in [0.25, 0.3) is 0 Å². The van der Waals surface area contributed by atoms with Gasteiger partial charge in [-0.3, -0.25) is 4.79 Å². The van der Waals surface area contributed by atoms with Gasteiger partial charge in [-0.2, -0.15) is 0 Å². The maximum Gasteiger partial charge on any atom is 0.249 e. The van der Waals surface area contributed by atoms with Gasteiger partial charge in [0.2, 0.25) is 5.91 Å². The summed E-state index contributed by atoms with van der Waals surface area (Å²) in [5, 5.41) is 28.0. The molecule has 1 saturated heterocycles. The molecule has 1 aliphatic rings. The van der Waals surface area contributed by atoms with Gasteiger partial charge in [0.05, 0.1) is 0 Å². The molecule has 0 aliphatic carbocycles. The predicted octanol–water partition coefficient (Wildman–Crippen LogP) is -3.07. The Morgan fingerprint density at radius 3 is 2.36 bits per heavy atom. The first kappa shape index (κ1) is 11.3. The van der Waals surface area contributed by atoms with Crippen LogP contribution < -0.4 is 5.73 Å². The van der Waals surface area contributed by atoms with Gasteiger partial charge in [-0.15, -0.1) is 0 Å². The number of rotatable bonds is 2. The maximum atomic E-state index is 10.7. The Morgan fingerprint density at radius 1 is 1.36 bits per heavy atom. The van der Waals surface area contributed by atoms with Crippen molar-refractivity contribution < 1.29 is 29.6 Å². The Labute approximate surface area is 80.0 Å². The second-order valence-corrected chi connectivity index (χ2v) is 3.03. The molecular formula is C7H13NO6. The third-order valence-electron chi connectivity index (χ3n) is 2.12. The average Bonchev–Trinajstić information content (AvgIpc) is 2.12. The molecule has 0 bridgehead atoms. The number of aliphatic hydroxyl groups excluding tert-OH is 3. The summed E-state index contributed by atoms with van der Waals surface area (Å²) in [5.41, 5.74) is 4.88. The lowest BCUT2D eigenvalue weighted by molar-refractivity contribution is -0.280. The van der Waals surface area contributed by atoms with Crippen LogP contribution in [0.2, 0.25) is 0 Å². The molecule has 0 aromatic heterocycles. The largest absolute Gasteiger partial charge is 0.387 e. The first-order valence-electron chi connectivity index (χ1n) is 4.00. The Morgan fingerprint density at radius 2 is 1.93 bits per heavy atom. The van der Waals surface area contributed by atoms with Gasteiger partial charge in [0.15, 0.2) is 12.4 Å². The summed E-state index contributed by atoms with van der Waals surface area (Å²) >= 11 is 0. The highest BCUT2D eigenvalue weighted by molar-refractivity contribution is 5.79. The lowest BCUT2D eigenvalue weighted by Gasteiger charge is -2.38. The molecule has 7 heteroatoms. The average molecular weight is 207 g/mol. The number of hydrogen-bond acceptors (Lipinski definition) is 6. The van der Waals surface area contributed by atoms with Crippen LogP contribution in [0.15, 0.2) is 0 Å². The van der Waals surface area contributed by atoms with Gasteiger partial charge in [-0.05, 0) is 0 Å². The zero-order valence-electron chi connectivity index (χ0n) is 7.53. The fourth-order valence-corrected chi connectivity index (χ4v) is 1.34.